The molecule has 1 aromatic heterocycles. The number of piperazine rings is 1. The Bertz CT molecular complexity index is 370. The van der Waals surface area contributed by atoms with Crippen molar-refractivity contribution in [2.24, 2.45) is 5.41 Å². The summed E-state index contributed by atoms with van der Waals surface area (Å²) in [4.78, 5) is 3.88. The van der Waals surface area contributed by atoms with Crippen LogP contribution in [0.2, 0.25) is 5.02 Å². The maximum absolute atomic E-state index is 6.33. The maximum Gasteiger partial charge on any atom is 0.0561 e. The number of halogens is 3. The normalized spacial score (nSPS) is 18.3. The lowest BCUT2D eigenvalue weighted by Gasteiger charge is -2.42. The van der Waals surface area contributed by atoms with Crippen molar-refractivity contribution in [3.8, 4) is 0 Å². The summed E-state index contributed by atoms with van der Waals surface area (Å²) in [6.45, 7) is 11.3. The lowest BCUT2D eigenvalue weighted by Crippen LogP contribution is -2.48. The van der Waals surface area contributed by atoms with Gasteiger partial charge < -0.3 is 5.32 Å². The molecule has 1 fully saturated rings. The Morgan fingerprint density at radius 1 is 1.26 bits per heavy atom. The van der Waals surface area contributed by atoms with Crippen LogP contribution in [0, 0.1) is 5.41 Å². The van der Waals surface area contributed by atoms with Crippen molar-refractivity contribution in [3.63, 3.8) is 0 Å². The standard InChI is InChI=1S/C13H21ClN2S.2ClH/c1-13(2,3)12(11-10(14)4-9-17-11)16-7-5-15-6-8-16;;/h4,9,12,15H,5-8H2,1-3H3;2*1H/t12-;;/m1../s1. The first-order valence-corrected chi connectivity index (χ1v) is 7.43. The van der Waals surface area contributed by atoms with E-state index in [-0.39, 0.29) is 30.2 Å². The van der Waals surface area contributed by atoms with Gasteiger partial charge in [0.15, 0.2) is 0 Å². The van der Waals surface area contributed by atoms with Gasteiger partial charge >= 0.3 is 0 Å². The number of nitrogens with zero attached hydrogens (tertiary/aromatic N) is 1. The molecule has 1 N–H and O–H groups in total. The van der Waals surface area contributed by atoms with E-state index in [1.165, 1.54) is 4.88 Å². The van der Waals surface area contributed by atoms with E-state index in [9.17, 15) is 0 Å². The van der Waals surface area contributed by atoms with Crippen LogP contribution in [0.3, 0.4) is 0 Å². The van der Waals surface area contributed by atoms with Crippen LogP contribution in [-0.2, 0) is 0 Å². The molecule has 6 heteroatoms. The first kappa shape index (κ1) is 19.5. The van der Waals surface area contributed by atoms with Gasteiger partial charge in [-0.15, -0.1) is 36.2 Å². The molecular formula is C13H23Cl3N2S. The molecule has 0 bridgehead atoms. The zero-order chi connectivity index (χ0) is 12.5. The Morgan fingerprint density at radius 3 is 2.26 bits per heavy atom. The molecule has 0 radical (unpaired) electrons. The highest BCUT2D eigenvalue weighted by Gasteiger charge is 2.34. The van der Waals surface area contributed by atoms with E-state index in [4.69, 9.17) is 11.6 Å². The second kappa shape index (κ2) is 8.06. The zero-order valence-electron chi connectivity index (χ0n) is 11.6. The van der Waals surface area contributed by atoms with Crippen molar-refractivity contribution in [1.29, 1.82) is 0 Å². The fraction of sp³-hybridized carbons (Fsp3) is 0.692. The van der Waals surface area contributed by atoms with Gasteiger partial charge in [0, 0.05) is 31.1 Å². The van der Waals surface area contributed by atoms with Crippen LogP contribution < -0.4 is 5.32 Å². The summed E-state index contributed by atoms with van der Waals surface area (Å²) in [5, 5.41) is 6.43. The van der Waals surface area contributed by atoms with Gasteiger partial charge in [0.2, 0.25) is 0 Å². The van der Waals surface area contributed by atoms with Crippen LogP contribution in [0.4, 0.5) is 0 Å². The number of hydrogen-bond donors (Lipinski definition) is 1. The topological polar surface area (TPSA) is 15.3 Å². The van der Waals surface area contributed by atoms with E-state index in [1.807, 2.05) is 6.07 Å². The van der Waals surface area contributed by atoms with Gasteiger partial charge in [-0.05, 0) is 16.9 Å². The summed E-state index contributed by atoms with van der Waals surface area (Å²) in [5.41, 5.74) is 0.214. The van der Waals surface area contributed by atoms with E-state index in [0.717, 1.165) is 31.2 Å². The Balaban J connectivity index is 0.00000162. The lowest BCUT2D eigenvalue weighted by atomic mass is 9.84. The molecule has 0 spiro atoms. The fourth-order valence-corrected chi connectivity index (χ4v) is 4.09. The van der Waals surface area contributed by atoms with E-state index in [1.54, 1.807) is 11.3 Å². The highest BCUT2D eigenvalue weighted by molar-refractivity contribution is 7.10. The van der Waals surface area contributed by atoms with Crippen molar-refractivity contribution >= 4 is 47.8 Å². The fourth-order valence-electron chi connectivity index (χ4n) is 2.55. The van der Waals surface area contributed by atoms with Gasteiger partial charge in [0.1, 0.15) is 0 Å². The first-order valence-electron chi connectivity index (χ1n) is 6.18. The largest absolute Gasteiger partial charge is 0.314 e. The summed E-state index contributed by atoms with van der Waals surface area (Å²) in [6.07, 6.45) is 0. The molecular weight excluding hydrogens is 323 g/mol. The molecule has 2 heterocycles. The second-order valence-electron chi connectivity index (χ2n) is 5.69. The van der Waals surface area contributed by atoms with Gasteiger partial charge in [-0.1, -0.05) is 32.4 Å². The van der Waals surface area contributed by atoms with Crippen molar-refractivity contribution in [1.82, 2.24) is 10.2 Å². The van der Waals surface area contributed by atoms with Crippen LogP contribution in [-0.4, -0.2) is 31.1 Å². The van der Waals surface area contributed by atoms with E-state index in [2.05, 4.69) is 36.4 Å². The van der Waals surface area contributed by atoms with Crippen molar-refractivity contribution in [2.75, 3.05) is 26.2 Å². The van der Waals surface area contributed by atoms with Crippen molar-refractivity contribution < 1.29 is 0 Å². The number of thiophene rings is 1. The molecule has 112 valence electrons. The minimum atomic E-state index is 0. The predicted octanol–water partition coefficient (Wildman–Crippen LogP) is 4.24. The molecule has 0 amide bonds. The van der Waals surface area contributed by atoms with Gasteiger partial charge in [0.05, 0.1) is 11.1 Å². The Kier molecular flexibility index (Phi) is 8.27. The summed E-state index contributed by atoms with van der Waals surface area (Å²) in [7, 11) is 0. The van der Waals surface area contributed by atoms with E-state index in [0.29, 0.717) is 6.04 Å². The molecule has 0 unspecified atom stereocenters. The average Bonchev–Trinajstić information content (AvgIpc) is 2.65. The van der Waals surface area contributed by atoms with Crippen molar-refractivity contribution in [3.05, 3.63) is 21.3 Å². The third-order valence-corrected chi connectivity index (χ3v) is 4.64. The lowest BCUT2D eigenvalue weighted by molar-refractivity contribution is 0.0888. The zero-order valence-corrected chi connectivity index (χ0v) is 14.8. The van der Waals surface area contributed by atoms with Gasteiger partial charge in [-0.3, -0.25) is 4.90 Å². The number of nitrogens with one attached hydrogen (secondary N) is 1. The van der Waals surface area contributed by atoms with Gasteiger partial charge in [-0.25, -0.2) is 0 Å². The first-order chi connectivity index (χ1) is 8.00. The monoisotopic (exact) mass is 344 g/mol. The molecule has 2 nitrogen and oxygen atoms in total. The summed E-state index contributed by atoms with van der Waals surface area (Å²) in [6, 6.07) is 2.44. The van der Waals surface area contributed by atoms with Crippen LogP contribution in [0.15, 0.2) is 11.4 Å². The molecule has 2 rings (SSSR count). The van der Waals surface area contributed by atoms with Crippen LogP contribution >= 0.6 is 47.8 Å². The third kappa shape index (κ3) is 4.76. The second-order valence-corrected chi connectivity index (χ2v) is 7.04. The quantitative estimate of drug-likeness (QED) is 0.862. The van der Waals surface area contributed by atoms with E-state index < -0.39 is 0 Å². The van der Waals surface area contributed by atoms with Crippen LogP contribution in [0.25, 0.3) is 0 Å². The average molecular weight is 346 g/mol. The molecule has 1 aliphatic heterocycles. The molecule has 19 heavy (non-hydrogen) atoms. The number of hydrogen-bond acceptors (Lipinski definition) is 3. The molecule has 0 aliphatic carbocycles. The molecule has 1 saturated heterocycles. The smallest absolute Gasteiger partial charge is 0.0561 e. The molecule has 1 aliphatic rings. The van der Waals surface area contributed by atoms with Crippen LogP contribution in [0.1, 0.15) is 31.7 Å². The Hall–Kier alpha value is 0.490. The third-order valence-electron chi connectivity index (χ3n) is 3.23. The molecule has 0 saturated carbocycles. The highest BCUT2D eigenvalue weighted by atomic mass is 35.5. The SMILES string of the molecule is CC(C)(C)[C@@H](c1sccc1Cl)N1CCNCC1.Cl.Cl. The van der Waals surface area contributed by atoms with Crippen LogP contribution in [0.5, 0.6) is 0 Å². The minimum absolute atomic E-state index is 0. The van der Waals surface area contributed by atoms with Crippen molar-refractivity contribution in [2.45, 2.75) is 26.8 Å². The van der Waals surface area contributed by atoms with Gasteiger partial charge in [0.25, 0.3) is 0 Å². The maximum atomic E-state index is 6.33. The highest BCUT2D eigenvalue weighted by Crippen LogP contribution is 2.43. The summed E-state index contributed by atoms with van der Waals surface area (Å²) < 4.78 is 0. The molecule has 1 atom stereocenters. The van der Waals surface area contributed by atoms with Gasteiger partial charge in [-0.2, -0.15) is 0 Å². The van der Waals surface area contributed by atoms with E-state index >= 15 is 0 Å². The Morgan fingerprint density at radius 2 is 1.84 bits per heavy atom. The molecule has 1 aromatic rings. The Labute approximate surface area is 137 Å². The summed E-state index contributed by atoms with van der Waals surface area (Å²) in [5.74, 6) is 0. The number of rotatable bonds is 2. The molecule has 0 aromatic carbocycles. The predicted molar refractivity (Wildman–Crippen MR) is 90.5 cm³/mol. The minimum Gasteiger partial charge on any atom is -0.314 e. The summed E-state index contributed by atoms with van der Waals surface area (Å²) >= 11 is 8.11.